The molecule has 0 fully saturated rings. The fraction of sp³-hybridized carbons (Fsp3) is 0.118. The first-order valence-corrected chi connectivity index (χ1v) is 9.61. The van der Waals surface area contributed by atoms with Crippen LogP contribution in [0.4, 0.5) is 11.5 Å². The normalized spacial score (nSPS) is 10.4. The molecule has 2 heterocycles. The molecule has 0 saturated carbocycles. The topological polar surface area (TPSA) is 102 Å². The van der Waals surface area contributed by atoms with Crippen LogP contribution >= 0.6 is 27.7 Å². The Hall–Kier alpha value is -2.72. The second kappa shape index (κ2) is 8.78. The fourth-order valence-electron chi connectivity index (χ4n) is 2.20. The van der Waals surface area contributed by atoms with Gasteiger partial charge in [-0.1, -0.05) is 17.8 Å². The molecule has 0 aliphatic carbocycles. The number of carbonyl (C=O) groups excluding carboxylic acids is 2. The number of nitrogens with zero attached hydrogens (tertiary/aromatic N) is 4. The Morgan fingerprint density at radius 2 is 2.07 bits per heavy atom. The molecule has 27 heavy (non-hydrogen) atoms. The van der Waals surface area contributed by atoms with Crippen molar-refractivity contribution in [2.24, 2.45) is 0 Å². The van der Waals surface area contributed by atoms with E-state index in [0.29, 0.717) is 16.7 Å². The van der Waals surface area contributed by atoms with Crippen LogP contribution in [0, 0.1) is 0 Å². The van der Waals surface area contributed by atoms with Crippen LogP contribution in [0.15, 0.2) is 58.6 Å². The van der Waals surface area contributed by atoms with Gasteiger partial charge in [0.1, 0.15) is 12.1 Å². The summed E-state index contributed by atoms with van der Waals surface area (Å²) in [5, 5.41) is 14.0. The van der Waals surface area contributed by atoms with Crippen molar-refractivity contribution in [3.63, 3.8) is 0 Å². The Labute approximate surface area is 167 Å². The molecule has 0 saturated heterocycles. The molecule has 2 amide bonds. The summed E-state index contributed by atoms with van der Waals surface area (Å²) in [7, 11) is 0. The van der Waals surface area contributed by atoms with E-state index >= 15 is 0 Å². The minimum Gasteiger partial charge on any atom is -0.326 e. The number of nitrogens with one attached hydrogen (secondary N) is 2. The SMILES string of the molecule is CC(=O)Nc1cccc(-n2cnnc2SCC(=O)Nc2ccc(Br)cn2)c1. The van der Waals surface area contributed by atoms with Gasteiger partial charge in [0.25, 0.3) is 0 Å². The van der Waals surface area contributed by atoms with Crippen molar-refractivity contribution < 1.29 is 9.59 Å². The first-order valence-electron chi connectivity index (χ1n) is 7.83. The molecule has 138 valence electrons. The zero-order valence-corrected chi connectivity index (χ0v) is 16.6. The van der Waals surface area contributed by atoms with E-state index < -0.39 is 0 Å². The predicted molar refractivity (Wildman–Crippen MR) is 107 cm³/mol. The summed E-state index contributed by atoms with van der Waals surface area (Å²) < 4.78 is 2.59. The molecule has 10 heteroatoms. The molecule has 2 N–H and O–H groups in total. The van der Waals surface area contributed by atoms with Gasteiger partial charge in [-0.25, -0.2) is 4.98 Å². The summed E-state index contributed by atoms with van der Waals surface area (Å²) >= 11 is 4.55. The molecule has 3 aromatic rings. The van der Waals surface area contributed by atoms with Crippen molar-refractivity contribution in [2.45, 2.75) is 12.1 Å². The lowest BCUT2D eigenvalue weighted by molar-refractivity contribution is -0.114. The number of hydrogen-bond donors (Lipinski definition) is 2. The van der Waals surface area contributed by atoms with E-state index in [1.54, 1.807) is 41.4 Å². The molecule has 0 spiro atoms. The standard InChI is InChI=1S/C17H15BrN6O2S/c1-11(25)21-13-3-2-4-14(7-13)24-10-20-23-17(24)27-9-16(26)22-15-6-5-12(18)8-19-15/h2-8,10H,9H2,1H3,(H,21,25)(H,19,22,26). The first kappa shape index (κ1) is 19.1. The number of hydrogen-bond acceptors (Lipinski definition) is 6. The van der Waals surface area contributed by atoms with E-state index in [1.807, 2.05) is 12.1 Å². The molecule has 0 radical (unpaired) electrons. The average molecular weight is 447 g/mol. The molecule has 1 aromatic carbocycles. The number of aromatic nitrogens is 4. The summed E-state index contributed by atoms with van der Waals surface area (Å²) in [6, 6.07) is 10.8. The fourth-order valence-corrected chi connectivity index (χ4v) is 3.16. The number of halogens is 1. The zero-order valence-electron chi connectivity index (χ0n) is 14.2. The van der Waals surface area contributed by atoms with Crippen LogP contribution in [0.2, 0.25) is 0 Å². The van der Waals surface area contributed by atoms with Crippen LogP contribution in [0.25, 0.3) is 5.69 Å². The summed E-state index contributed by atoms with van der Waals surface area (Å²) in [5.74, 6) is 0.287. The highest BCUT2D eigenvalue weighted by Gasteiger charge is 2.11. The van der Waals surface area contributed by atoms with E-state index in [0.717, 1.165) is 10.2 Å². The lowest BCUT2D eigenvalue weighted by atomic mass is 10.2. The maximum absolute atomic E-state index is 12.1. The number of carbonyl (C=O) groups is 2. The average Bonchev–Trinajstić information content (AvgIpc) is 3.10. The Kier molecular flexibility index (Phi) is 6.20. The number of benzene rings is 1. The number of thioether (sulfide) groups is 1. The largest absolute Gasteiger partial charge is 0.326 e. The van der Waals surface area contributed by atoms with Crippen LogP contribution < -0.4 is 10.6 Å². The minimum absolute atomic E-state index is 0.149. The van der Waals surface area contributed by atoms with E-state index in [1.165, 1.54) is 18.7 Å². The van der Waals surface area contributed by atoms with Crippen molar-refractivity contribution >= 4 is 51.0 Å². The zero-order chi connectivity index (χ0) is 19.2. The van der Waals surface area contributed by atoms with Gasteiger partial charge in [0.2, 0.25) is 11.8 Å². The van der Waals surface area contributed by atoms with Crippen molar-refractivity contribution in [3.8, 4) is 5.69 Å². The molecule has 2 aromatic heterocycles. The third-order valence-corrected chi connectivity index (χ3v) is 4.70. The Balaban J connectivity index is 1.66. The van der Waals surface area contributed by atoms with E-state index in [9.17, 15) is 9.59 Å². The highest BCUT2D eigenvalue weighted by atomic mass is 79.9. The van der Waals surface area contributed by atoms with Gasteiger partial charge in [-0.05, 0) is 46.3 Å². The van der Waals surface area contributed by atoms with Crippen molar-refractivity contribution in [1.29, 1.82) is 0 Å². The molecule has 0 aliphatic heterocycles. The van der Waals surface area contributed by atoms with Gasteiger partial charge >= 0.3 is 0 Å². The molecule has 8 nitrogen and oxygen atoms in total. The molecule has 3 rings (SSSR count). The number of anilines is 2. The first-order chi connectivity index (χ1) is 13.0. The third-order valence-electron chi connectivity index (χ3n) is 3.29. The molecule has 0 bridgehead atoms. The maximum atomic E-state index is 12.1. The highest BCUT2D eigenvalue weighted by molar-refractivity contribution is 9.10. The van der Waals surface area contributed by atoms with Gasteiger partial charge in [-0.2, -0.15) is 0 Å². The lowest BCUT2D eigenvalue weighted by Crippen LogP contribution is -2.15. The Morgan fingerprint density at radius 3 is 2.81 bits per heavy atom. The van der Waals surface area contributed by atoms with Crippen LogP contribution in [0.5, 0.6) is 0 Å². The van der Waals surface area contributed by atoms with Gasteiger partial charge in [-0.15, -0.1) is 10.2 Å². The highest BCUT2D eigenvalue weighted by Crippen LogP contribution is 2.22. The monoisotopic (exact) mass is 446 g/mol. The van der Waals surface area contributed by atoms with Crippen LogP contribution in [-0.2, 0) is 9.59 Å². The maximum Gasteiger partial charge on any atom is 0.236 e. The second-order valence-electron chi connectivity index (χ2n) is 5.41. The summed E-state index contributed by atoms with van der Waals surface area (Å²) in [4.78, 5) is 27.5. The Morgan fingerprint density at radius 1 is 1.22 bits per heavy atom. The van der Waals surface area contributed by atoms with Crippen LogP contribution in [-0.4, -0.2) is 37.3 Å². The quantitative estimate of drug-likeness (QED) is 0.563. The number of amides is 2. The third kappa shape index (κ3) is 5.38. The van der Waals surface area contributed by atoms with Gasteiger partial charge in [0.05, 0.1) is 11.4 Å². The van der Waals surface area contributed by atoms with Crippen molar-refractivity contribution in [1.82, 2.24) is 19.7 Å². The van der Waals surface area contributed by atoms with Crippen LogP contribution in [0.1, 0.15) is 6.92 Å². The summed E-state index contributed by atoms with van der Waals surface area (Å²) in [6.45, 7) is 1.45. The molecular weight excluding hydrogens is 432 g/mol. The summed E-state index contributed by atoms with van der Waals surface area (Å²) in [5.41, 5.74) is 1.45. The smallest absolute Gasteiger partial charge is 0.236 e. The lowest BCUT2D eigenvalue weighted by Gasteiger charge is -2.09. The molecule has 0 unspecified atom stereocenters. The van der Waals surface area contributed by atoms with E-state index in [4.69, 9.17) is 0 Å². The van der Waals surface area contributed by atoms with E-state index in [-0.39, 0.29) is 17.6 Å². The molecule has 0 atom stereocenters. The van der Waals surface area contributed by atoms with Gasteiger partial charge in [0, 0.05) is 23.3 Å². The van der Waals surface area contributed by atoms with Crippen molar-refractivity contribution in [3.05, 3.63) is 53.4 Å². The molecular formula is C17H15BrN6O2S. The number of rotatable bonds is 6. The molecule has 0 aliphatic rings. The van der Waals surface area contributed by atoms with Crippen LogP contribution in [0.3, 0.4) is 0 Å². The predicted octanol–water partition coefficient (Wildman–Crippen LogP) is 3.11. The van der Waals surface area contributed by atoms with Gasteiger partial charge in [0.15, 0.2) is 5.16 Å². The number of pyridine rings is 1. The summed E-state index contributed by atoms with van der Waals surface area (Å²) in [6.07, 6.45) is 3.17. The van der Waals surface area contributed by atoms with Gasteiger partial charge in [-0.3, -0.25) is 14.2 Å². The Bertz CT molecular complexity index is 960. The van der Waals surface area contributed by atoms with E-state index in [2.05, 4.69) is 41.7 Å². The second-order valence-corrected chi connectivity index (χ2v) is 7.27. The minimum atomic E-state index is -0.198. The van der Waals surface area contributed by atoms with Gasteiger partial charge < -0.3 is 10.6 Å². The van der Waals surface area contributed by atoms with Crippen molar-refractivity contribution in [2.75, 3.05) is 16.4 Å².